The van der Waals surface area contributed by atoms with Gasteiger partial charge < -0.3 is 47.7 Å². The number of esters is 1. The van der Waals surface area contributed by atoms with E-state index in [0.29, 0.717) is 44.5 Å². The first-order valence-electron chi connectivity index (χ1n) is 29.0. The molecule has 2 aliphatic rings. The van der Waals surface area contributed by atoms with Crippen molar-refractivity contribution in [3.63, 3.8) is 0 Å². The van der Waals surface area contributed by atoms with Gasteiger partial charge in [0.1, 0.15) is 0 Å². The molecule has 0 unspecified atom stereocenters. The molecule has 11 nitrogen and oxygen atoms in total. The van der Waals surface area contributed by atoms with Crippen molar-refractivity contribution in [3.05, 3.63) is 36.6 Å². The van der Waals surface area contributed by atoms with Gasteiger partial charge in [0.05, 0.1) is 76.5 Å². The van der Waals surface area contributed by atoms with E-state index in [1.807, 2.05) is 92.9 Å². The molecule has 0 aromatic rings. The molecule has 442 valence electrons. The lowest BCUT2D eigenvalue weighted by molar-refractivity contribution is -0.294. The highest BCUT2D eigenvalue weighted by molar-refractivity contribution is 5.76. The zero-order chi connectivity index (χ0) is 57.8. The molecule has 73 heavy (non-hydrogen) atoms. The van der Waals surface area contributed by atoms with Gasteiger partial charge in [-0.15, -0.1) is 0 Å². The number of likely N-dealkylation sites (N-methyl/N-ethyl adjacent to an activating group) is 1. The maximum absolute atomic E-state index is 12.3. The summed E-state index contributed by atoms with van der Waals surface area (Å²) < 4.78 is 41.9. The third kappa shape index (κ3) is 40.1. The molecule has 11 heteroatoms. The Morgan fingerprint density at radius 3 is 1.03 bits per heavy atom. The van der Waals surface area contributed by atoms with Crippen LogP contribution in [-0.4, -0.2) is 135 Å². The van der Waals surface area contributed by atoms with E-state index in [1.54, 1.807) is 27.6 Å². The Kier molecular flexibility index (Phi) is 62.1. The zero-order valence-corrected chi connectivity index (χ0v) is 53.7. The van der Waals surface area contributed by atoms with Gasteiger partial charge in [0, 0.05) is 25.7 Å². The smallest absolute Gasteiger partial charge is 0.312 e. The molecule has 2 saturated heterocycles. The van der Waals surface area contributed by atoms with Gasteiger partial charge in [-0.1, -0.05) is 153 Å². The topological polar surface area (TPSA) is 97.4 Å². The predicted molar refractivity (Wildman–Crippen MR) is 318 cm³/mol. The second-order valence-electron chi connectivity index (χ2n) is 19.5. The lowest BCUT2D eigenvalue weighted by atomic mass is 9.78. The molecule has 0 bridgehead atoms. The number of methoxy groups -OCH3 is 3. The molecule has 0 aromatic carbocycles. The maximum atomic E-state index is 12.3. The van der Waals surface area contributed by atoms with Crippen LogP contribution in [-0.2, 0) is 42.7 Å². The van der Waals surface area contributed by atoms with Crippen LogP contribution in [0.15, 0.2) is 36.6 Å². The molecule has 0 saturated carbocycles. The first kappa shape index (κ1) is 82.5. The fourth-order valence-corrected chi connectivity index (χ4v) is 8.05. The standard InChI is InChI=1S/C16H32O2.C9H21N.C9H16O4.C9H20.C7H17NO2.C4H8O.2C4H8/c1-7-15(8-2,9-3)13-18-14(17)16(10-4,11-5)12-6;1-5-9(6-2)10(7-3)8-4;1-7-10-3-9(4-11-7)5-12-8(2)13-6-9;1-5-9(6-2,7-3)8-4;1-8(2)7(5-9-3)6-10-4;1-3-4-5-2;2*1-3-4-2/h7-13H2,1-6H3;9H,5-8H2,1-4H3;7-8H,3-6H2,1-2H3;5-8H2,1-4H3;7H,5-6H2,1-4H3;3-4H,1-2H3;2*3-4H,1-2H3. The Balaban J connectivity index is -0.000000184. The average Bonchev–Trinajstić information content (AvgIpc) is 3.43. The van der Waals surface area contributed by atoms with E-state index in [4.69, 9.17) is 33.2 Å². The molecule has 0 amide bonds. The number of ether oxygens (including phenoxy) is 8. The molecule has 2 aliphatic heterocycles. The van der Waals surface area contributed by atoms with Crippen LogP contribution >= 0.6 is 0 Å². The molecule has 2 fully saturated rings. The van der Waals surface area contributed by atoms with E-state index in [1.165, 1.54) is 51.6 Å². The summed E-state index contributed by atoms with van der Waals surface area (Å²) in [6.07, 6.45) is 25.1. The lowest BCUT2D eigenvalue weighted by Crippen LogP contribution is -2.51. The van der Waals surface area contributed by atoms with E-state index in [-0.39, 0.29) is 34.8 Å². The van der Waals surface area contributed by atoms with Gasteiger partial charge in [-0.05, 0) is 132 Å². The second-order valence-corrected chi connectivity index (χ2v) is 19.5. The van der Waals surface area contributed by atoms with E-state index >= 15 is 0 Å². The number of carbonyl (C=O) groups is 1. The van der Waals surface area contributed by atoms with E-state index in [2.05, 4.69) is 111 Å². The van der Waals surface area contributed by atoms with Gasteiger partial charge in [-0.25, -0.2) is 0 Å². The number of nitrogens with zero attached hydrogens (tertiary/aromatic N) is 2. The van der Waals surface area contributed by atoms with Crippen LogP contribution in [0, 0.1) is 21.7 Å². The summed E-state index contributed by atoms with van der Waals surface area (Å²) >= 11 is 0. The second kappa shape index (κ2) is 54.9. The molecule has 0 aliphatic carbocycles. The van der Waals surface area contributed by atoms with Crippen LogP contribution in [0.5, 0.6) is 0 Å². The normalized spacial score (nSPS) is 17.7. The van der Waals surface area contributed by atoms with E-state index in [9.17, 15) is 4.79 Å². The minimum atomic E-state index is -0.263. The average molecular weight is 1050 g/mol. The van der Waals surface area contributed by atoms with Crippen molar-refractivity contribution >= 4 is 5.97 Å². The summed E-state index contributed by atoms with van der Waals surface area (Å²) in [5.41, 5.74) is 0.511. The van der Waals surface area contributed by atoms with Crippen molar-refractivity contribution in [1.29, 1.82) is 0 Å². The maximum Gasteiger partial charge on any atom is 0.312 e. The Hall–Kier alpha value is -1.83. The number of rotatable bonds is 24. The summed E-state index contributed by atoms with van der Waals surface area (Å²) in [6.45, 7) is 51.8. The molecular formula is C62H130N2O9. The Bertz CT molecular complexity index is 1100. The Morgan fingerprint density at radius 2 is 0.863 bits per heavy atom. The number of allylic oxidation sites excluding steroid dienone is 5. The molecule has 2 rings (SSSR count). The Morgan fingerprint density at radius 1 is 0.534 bits per heavy atom. The quantitative estimate of drug-likeness (QED) is 0.0525. The van der Waals surface area contributed by atoms with Crippen LogP contribution in [0.2, 0.25) is 0 Å². The summed E-state index contributed by atoms with van der Waals surface area (Å²) in [7, 11) is 9.06. The van der Waals surface area contributed by atoms with Gasteiger partial charge in [0.15, 0.2) is 12.6 Å². The number of hydrogen-bond donors (Lipinski definition) is 0. The number of carbonyl (C=O) groups excluding carboxylic acids is 1. The molecule has 1 spiro atoms. The Labute approximate surface area is 457 Å². The van der Waals surface area contributed by atoms with Crippen LogP contribution in [0.25, 0.3) is 0 Å². The van der Waals surface area contributed by atoms with Gasteiger partial charge in [0.25, 0.3) is 0 Å². The van der Waals surface area contributed by atoms with Crippen LogP contribution < -0.4 is 0 Å². The fraction of sp³-hybridized carbons (Fsp3) is 0.887. The molecule has 0 atom stereocenters. The fourth-order valence-electron chi connectivity index (χ4n) is 8.05. The highest BCUT2D eigenvalue weighted by Crippen LogP contribution is 2.36. The van der Waals surface area contributed by atoms with Gasteiger partial charge in [-0.2, -0.15) is 0 Å². The summed E-state index contributed by atoms with van der Waals surface area (Å²) in [6, 6.07) is 1.19. The van der Waals surface area contributed by atoms with Crippen molar-refractivity contribution in [2.45, 2.75) is 247 Å². The molecule has 2 heterocycles. The highest BCUT2D eigenvalue weighted by atomic mass is 16.7. The highest BCUT2D eigenvalue weighted by Gasteiger charge is 2.40. The van der Waals surface area contributed by atoms with Crippen molar-refractivity contribution in [2.75, 3.05) is 94.8 Å². The molecule has 0 aromatic heterocycles. The lowest BCUT2D eigenvalue weighted by Gasteiger charge is -2.42. The van der Waals surface area contributed by atoms with E-state index < -0.39 is 0 Å². The van der Waals surface area contributed by atoms with Crippen LogP contribution in [0.3, 0.4) is 0 Å². The summed E-state index contributed by atoms with van der Waals surface area (Å²) in [5, 5.41) is 0. The van der Waals surface area contributed by atoms with Crippen molar-refractivity contribution in [3.8, 4) is 0 Å². The third-order valence-electron chi connectivity index (χ3n) is 15.4. The van der Waals surface area contributed by atoms with Crippen molar-refractivity contribution in [2.24, 2.45) is 21.7 Å². The third-order valence-corrected chi connectivity index (χ3v) is 15.4. The van der Waals surface area contributed by atoms with Gasteiger partial charge in [0.2, 0.25) is 0 Å². The van der Waals surface area contributed by atoms with Crippen LogP contribution in [0.4, 0.5) is 0 Å². The zero-order valence-electron chi connectivity index (χ0n) is 53.7. The first-order chi connectivity index (χ1) is 34.7. The first-order valence-corrected chi connectivity index (χ1v) is 29.0. The largest absolute Gasteiger partial charge is 0.505 e. The summed E-state index contributed by atoms with van der Waals surface area (Å²) in [4.78, 5) is 16.9. The van der Waals surface area contributed by atoms with E-state index in [0.717, 1.165) is 57.8 Å². The van der Waals surface area contributed by atoms with Gasteiger partial charge in [-0.3, -0.25) is 4.79 Å². The summed E-state index contributed by atoms with van der Waals surface area (Å²) in [5.74, 6) is 0.00900. The van der Waals surface area contributed by atoms with Crippen LogP contribution in [0.1, 0.15) is 222 Å². The molecule has 0 N–H and O–H groups in total. The predicted octanol–water partition coefficient (Wildman–Crippen LogP) is 16.4. The number of hydrogen-bond acceptors (Lipinski definition) is 11. The monoisotopic (exact) mass is 1050 g/mol. The minimum absolute atomic E-state index is 0.00900. The van der Waals surface area contributed by atoms with Crippen molar-refractivity contribution in [1.82, 2.24) is 9.80 Å². The SMILES string of the molecule is CC1OCC2(CO1)COC(C)OC2.CC=CC.CC=CC.CC=COC.CCC(CC)(CC)CC.CCC(CC)(CC)COC(=O)C(CC)(CC)CC.CCC(CC)N(CC)CC.COCC(COC)N(C)C. The molecule has 0 radical (unpaired) electrons. The van der Waals surface area contributed by atoms with Gasteiger partial charge >= 0.3 is 5.97 Å². The molecular weight excluding hydrogens is 917 g/mol. The minimum Gasteiger partial charge on any atom is -0.505 e. The van der Waals surface area contributed by atoms with Crippen molar-refractivity contribution < 1.29 is 42.7 Å².